The van der Waals surface area contributed by atoms with E-state index < -0.39 is 0 Å². The molecule has 0 bridgehead atoms. The van der Waals surface area contributed by atoms with E-state index in [1.807, 2.05) is 6.07 Å². The lowest BCUT2D eigenvalue weighted by Crippen LogP contribution is -2.46. The first-order chi connectivity index (χ1) is 15.1. The van der Waals surface area contributed by atoms with E-state index in [9.17, 15) is 9.59 Å². The van der Waals surface area contributed by atoms with Gasteiger partial charge in [0.1, 0.15) is 0 Å². The highest BCUT2D eigenvalue weighted by atomic mass is 16.2. The highest BCUT2D eigenvalue weighted by Gasteiger charge is 2.34. The Morgan fingerprint density at radius 2 is 1.71 bits per heavy atom. The fourth-order valence-electron chi connectivity index (χ4n) is 4.53. The molecular formula is C26H31N3O2. The van der Waals surface area contributed by atoms with E-state index in [0.717, 1.165) is 32.5 Å². The molecule has 0 saturated carbocycles. The van der Waals surface area contributed by atoms with Crippen LogP contribution in [0.15, 0.2) is 67.3 Å². The predicted molar refractivity (Wildman–Crippen MR) is 123 cm³/mol. The highest BCUT2D eigenvalue weighted by molar-refractivity contribution is 5.89. The van der Waals surface area contributed by atoms with E-state index in [1.54, 1.807) is 11.0 Å². The van der Waals surface area contributed by atoms with Crippen molar-refractivity contribution in [2.75, 3.05) is 26.2 Å². The molecule has 2 heterocycles. The zero-order valence-corrected chi connectivity index (χ0v) is 18.0. The molecule has 2 aliphatic rings. The fourth-order valence-corrected chi connectivity index (χ4v) is 4.53. The number of likely N-dealkylation sites (tertiary alicyclic amines) is 2. The van der Waals surface area contributed by atoms with Gasteiger partial charge in [-0.2, -0.15) is 0 Å². The summed E-state index contributed by atoms with van der Waals surface area (Å²) in [6.07, 6.45) is 3.93. The Labute approximate surface area is 184 Å². The highest BCUT2D eigenvalue weighted by Crippen LogP contribution is 2.22. The van der Waals surface area contributed by atoms with E-state index in [4.69, 9.17) is 0 Å². The van der Waals surface area contributed by atoms with Crippen LogP contribution in [-0.4, -0.2) is 53.8 Å². The number of hydrogen-bond acceptors (Lipinski definition) is 3. The molecule has 0 radical (unpaired) electrons. The summed E-state index contributed by atoms with van der Waals surface area (Å²) in [5.74, 6) is -0.156. The standard InChI is InChI=1S/C26H31N3O2/c1-2-14-29-19-23(17-25(29)30)26(31)27-24-12-15-28(16-13-24)18-20-8-10-22(11-9-20)21-6-4-3-5-7-21/h2-11,23-24H,1,12-19H2,(H,27,31). The minimum Gasteiger partial charge on any atom is -0.353 e. The van der Waals surface area contributed by atoms with Gasteiger partial charge < -0.3 is 10.2 Å². The number of carbonyl (C=O) groups excluding carboxylic acids is 2. The molecule has 31 heavy (non-hydrogen) atoms. The van der Waals surface area contributed by atoms with Crippen LogP contribution in [0.2, 0.25) is 0 Å². The average Bonchev–Trinajstić information content (AvgIpc) is 3.17. The van der Waals surface area contributed by atoms with Gasteiger partial charge in [-0.3, -0.25) is 14.5 Å². The summed E-state index contributed by atoms with van der Waals surface area (Å²) in [7, 11) is 0. The van der Waals surface area contributed by atoms with Gasteiger partial charge in [0.2, 0.25) is 11.8 Å². The summed E-state index contributed by atoms with van der Waals surface area (Å²) < 4.78 is 0. The van der Waals surface area contributed by atoms with Gasteiger partial charge in [-0.15, -0.1) is 6.58 Å². The number of carbonyl (C=O) groups is 2. The Morgan fingerprint density at radius 3 is 2.39 bits per heavy atom. The van der Waals surface area contributed by atoms with Gasteiger partial charge in [0.15, 0.2) is 0 Å². The maximum Gasteiger partial charge on any atom is 0.225 e. The van der Waals surface area contributed by atoms with Crippen molar-refractivity contribution in [3.05, 3.63) is 72.8 Å². The van der Waals surface area contributed by atoms with E-state index in [-0.39, 0.29) is 23.8 Å². The number of hydrogen-bond donors (Lipinski definition) is 1. The zero-order chi connectivity index (χ0) is 21.6. The van der Waals surface area contributed by atoms with Crippen LogP contribution in [0.25, 0.3) is 11.1 Å². The Morgan fingerprint density at radius 1 is 1.03 bits per heavy atom. The second kappa shape index (κ2) is 9.92. The summed E-state index contributed by atoms with van der Waals surface area (Å²) >= 11 is 0. The molecule has 0 spiro atoms. The van der Waals surface area contributed by atoms with Crippen molar-refractivity contribution in [3.63, 3.8) is 0 Å². The first kappa shape index (κ1) is 21.3. The summed E-state index contributed by atoms with van der Waals surface area (Å²) in [5, 5.41) is 3.18. The molecule has 0 aliphatic carbocycles. The van der Waals surface area contributed by atoms with Crippen LogP contribution in [0.3, 0.4) is 0 Å². The van der Waals surface area contributed by atoms with E-state index in [1.165, 1.54) is 16.7 Å². The fraction of sp³-hybridized carbons (Fsp3) is 0.385. The summed E-state index contributed by atoms with van der Waals surface area (Å²) in [5.41, 5.74) is 3.79. The molecular weight excluding hydrogens is 386 g/mol. The molecule has 0 aromatic heterocycles. The molecule has 1 atom stereocenters. The summed E-state index contributed by atoms with van der Waals surface area (Å²) in [6, 6.07) is 19.4. The minimum atomic E-state index is -0.228. The van der Waals surface area contributed by atoms with Crippen molar-refractivity contribution in [1.82, 2.24) is 15.1 Å². The lowest BCUT2D eigenvalue weighted by atomic mass is 10.0. The Hall–Kier alpha value is -2.92. The molecule has 2 saturated heterocycles. The van der Waals surface area contributed by atoms with Crippen molar-refractivity contribution in [1.29, 1.82) is 0 Å². The van der Waals surface area contributed by atoms with Crippen molar-refractivity contribution < 1.29 is 9.59 Å². The van der Waals surface area contributed by atoms with Gasteiger partial charge in [0.05, 0.1) is 5.92 Å². The molecule has 1 unspecified atom stereocenters. The van der Waals surface area contributed by atoms with Crippen molar-refractivity contribution in [2.24, 2.45) is 5.92 Å². The second-order valence-corrected chi connectivity index (χ2v) is 8.61. The third-order valence-corrected chi connectivity index (χ3v) is 6.34. The topological polar surface area (TPSA) is 52.7 Å². The van der Waals surface area contributed by atoms with Crippen LogP contribution in [0.4, 0.5) is 0 Å². The smallest absolute Gasteiger partial charge is 0.225 e. The van der Waals surface area contributed by atoms with Crippen LogP contribution < -0.4 is 5.32 Å². The first-order valence-corrected chi connectivity index (χ1v) is 11.2. The second-order valence-electron chi connectivity index (χ2n) is 8.61. The van der Waals surface area contributed by atoms with Crippen LogP contribution in [-0.2, 0) is 16.1 Å². The number of nitrogens with one attached hydrogen (secondary N) is 1. The van der Waals surface area contributed by atoms with Crippen molar-refractivity contribution in [2.45, 2.75) is 31.8 Å². The number of benzene rings is 2. The molecule has 1 N–H and O–H groups in total. The number of nitrogens with zero attached hydrogens (tertiary/aromatic N) is 2. The molecule has 5 nitrogen and oxygen atoms in total. The maximum absolute atomic E-state index is 12.6. The summed E-state index contributed by atoms with van der Waals surface area (Å²) in [6.45, 7) is 7.58. The lowest BCUT2D eigenvalue weighted by molar-refractivity contribution is -0.129. The quantitative estimate of drug-likeness (QED) is 0.702. The average molecular weight is 418 g/mol. The molecule has 2 aliphatic heterocycles. The van der Waals surface area contributed by atoms with Crippen molar-refractivity contribution in [3.8, 4) is 11.1 Å². The van der Waals surface area contributed by atoms with E-state index in [0.29, 0.717) is 19.5 Å². The monoisotopic (exact) mass is 417 g/mol. The normalized spacial score (nSPS) is 20.1. The van der Waals surface area contributed by atoms with E-state index >= 15 is 0 Å². The first-order valence-electron chi connectivity index (χ1n) is 11.2. The van der Waals surface area contributed by atoms with Gasteiger partial charge in [0.25, 0.3) is 0 Å². The molecule has 2 aromatic rings. The zero-order valence-electron chi connectivity index (χ0n) is 18.0. The largest absolute Gasteiger partial charge is 0.353 e. The maximum atomic E-state index is 12.6. The number of piperidine rings is 1. The molecule has 162 valence electrons. The van der Waals surface area contributed by atoms with Crippen LogP contribution in [0.1, 0.15) is 24.8 Å². The third-order valence-electron chi connectivity index (χ3n) is 6.34. The van der Waals surface area contributed by atoms with Gasteiger partial charge in [-0.25, -0.2) is 0 Å². The third kappa shape index (κ3) is 5.42. The van der Waals surface area contributed by atoms with Crippen LogP contribution in [0, 0.1) is 5.92 Å². The van der Waals surface area contributed by atoms with Gasteiger partial charge in [-0.1, -0.05) is 60.7 Å². The minimum absolute atomic E-state index is 0.0230. The van der Waals surface area contributed by atoms with Gasteiger partial charge in [-0.05, 0) is 29.5 Å². The van der Waals surface area contributed by atoms with Crippen LogP contribution in [0.5, 0.6) is 0 Å². The number of amides is 2. The molecule has 5 heteroatoms. The SMILES string of the molecule is C=CCN1CC(C(=O)NC2CCN(Cc3ccc(-c4ccccc4)cc3)CC2)CC1=O. The molecule has 2 amide bonds. The lowest BCUT2D eigenvalue weighted by Gasteiger charge is -2.32. The number of rotatable bonds is 7. The predicted octanol–water partition coefficient (Wildman–Crippen LogP) is 3.47. The molecule has 4 rings (SSSR count). The van der Waals surface area contributed by atoms with E-state index in [2.05, 4.69) is 65.3 Å². The molecule has 2 aromatic carbocycles. The Balaban J connectivity index is 1.22. The Bertz CT molecular complexity index is 902. The summed E-state index contributed by atoms with van der Waals surface area (Å²) in [4.78, 5) is 28.7. The Kier molecular flexibility index (Phi) is 6.82. The van der Waals surface area contributed by atoms with Gasteiger partial charge in [0, 0.05) is 45.2 Å². The van der Waals surface area contributed by atoms with Crippen molar-refractivity contribution >= 4 is 11.8 Å². The molecule has 2 fully saturated rings. The van der Waals surface area contributed by atoms with Crippen LogP contribution >= 0.6 is 0 Å². The van der Waals surface area contributed by atoms with Gasteiger partial charge >= 0.3 is 0 Å².